The minimum absolute atomic E-state index is 0.237. The average molecular weight is 517 g/mol. The number of fused-ring (bicyclic) bond motifs is 2. The zero-order valence-electron chi connectivity index (χ0n) is 21.9. The number of hydrogen-bond acceptors (Lipinski definition) is 5. The Morgan fingerprint density at radius 2 is 1.00 bits per heavy atom. The normalized spacial score (nSPS) is 14.3. The maximum absolute atomic E-state index is 13.4. The molecule has 0 atom stereocenters. The summed E-state index contributed by atoms with van der Waals surface area (Å²) in [5.74, 6) is -0.912. The lowest BCUT2D eigenvalue weighted by molar-refractivity contribution is 0.0692. The van der Waals surface area contributed by atoms with Crippen LogP contribution in [-0.4, -0.2) is 35.6 Å². The minimum atomic E-state index is -0.435. The molecule has 4 amide bonds. The van der Waals surface area contributed by atoms with Crippen LogP contribution in [0.5, 0.6) is 11.5 Å². The topological polar surface area (TPSA) is 84.0 Å². The Morgan fingerprint density at radius 1 is 0.513 bits per heavy atom. The zero-order valence-corrected chi connectivity index (χ0v) is 21.9. The van der Waals surface area contributed by atoms with E-state index in [0.717, 1.165) is 27.2 Å². The molecule has 6 rings (SSSR count). The maximum Gasteiger partial charge on any atom is 0.266 e. The number of nitrogens with zero attached hydrogens (tertiary/aromatic N) is 2. The van der Waals surface area contributed by atoms with Gasteiger partial charge in [-0.1, -0.05) is 29.8 Å². The molecule has 0 N–H and O–H groups in total. The van der Waals surface area contributed by atoms with Crippen molar-refractivity contribution in [3.8, 4) is 22.6 Å². The van der Waals surface area contributed by atoms with Crippen molar-refractivity contribution in [2.75, 3.05) is 11.9 Å². The van der Waals surface area contributed by atoms with Crippen molar-refractivity contribution >= 4 is 29.3 Å². The van der Waals surface area contributed by atoms with Gasteiger partial charge in [-0.25, -0.2) is 4.90 Å². The summed E-state index contributed by atoms with van der Waals surface area (Å²) in [5.41, 5.74) is 7.06. The van der Waals surface area contributed by atoms with Crippen molar-refractivity contribution in [2.45, 2.75) is 20.8 Å². The van der Waals surface area contributed by atoms with E-state index in [1.54, 1.807) is 30.3 Å². The highest BCUT2D eigenvalue weighted by Gasteiger charge is 2.37. The van der Waals surface area contributed by atoms with Gasteiger partial charge in [-0.05, 0) is 91.6 Å². The van der Waals surface area contributed by atoms with Gasteiger partial charge < -0.3 is 4.74 Å². The Labute approximate surface area is 225 Å². The lowest BCUT2D eigenvalue weighted by Gasteiger charge is -2.17. The second-order valence-corrected chi connectivity index (χ2v) is 9.95. The fourth-order valence-corrected chi connectivity index (χ4v) is 5.26. The molecule has 7 heteroatoms. The standard InChI is InChI=1S/C32H24N2O5/c1-17-5-9-23(18(2)13-17)24-10-6-20(14-19(24)3)34-31(37)26-12-8-22(16-28(26)32(34)38)39-21-7-11-25-27(15-21)30(36)33(4)29(25)35/h5-16H,1-4H3. The molecule has 2 aliphatic heterocycles. The molecule has 0 aliphatic carbocycles. The number of anilines is 1. The molecule has 0 saturated carbocycles. The van der Waals surface area contributed by atoms with Crippen LogP contribution in [0.1, 0.15) is 58.1 Å². The number of benzene rings is 4. The number of rotatable bonds is 4. The molecule has 4 aromatic carbocycles. The highest BCUT2D eigenvalue weighted by molar-refractivity contribution is 6.34. The molecular formula is C32H24N2O5. The molecule has 39 heavy (non-hydrogen) atoms. The summed E-state index contributed by atoms with van der Waals surface area (Å²) < 4.78 is 5.91. The van der Waals surface area contributed by atoms with Gasteiger partial charge in [0.1, 0.15) is 11.5 Å². The van der Waals surface area contributed by atoms with Crippen LogP contribution in [0.25, 0.3) is 11.1 Å². The Hall–Kier alpha value is -5.04. The van der Waals surface area contributed by atoms with E-state index in [9.17, 15) is 19.2 Å². The van der Waals surface area contributed by atoms with Gasteiger partial charge in [0, 0.05) is 7.05 Å². The first kappa shape index (κ1) is 24.3. The van der Waals surface area contributed by atoms with E-state index in [0.29, 0.717) is 28.3 Å². The van der Waals surface area contributed by atoms with E-state index in [1.165, 1.54) is 29.6 Å². The first-order chi connectivity index (χ1) is 18.6. The van der Waals surface area contributed by atoms with Gasteiger partial charge in [0.05, 0.1) is 27.9 Å². The molecule has 0 radical (unpaired) electrons. The molecule has 2 aliphatic rings. The van der Waals surface area contributed by atoms with Gasteiger partial charge >= 0.3 is 0 Å². The van der Waals surface area contributed by atoms with Crippen LogP contribution in [0.3, 0.4) is 0 Å². The van der Waals surface area contributed by atoms with Crippen LogP contribution in [-0.2, 0) is 0 Å². The van der Waals surface area contributed by atoms with Gasteiger partial charge in [-0.2, -0.15) is 0 Å². The number of carbonyl (C=O) groups excluding carboxylic acids is 4. The molecule has 0 spiro atoms. The van der Waals surface area contributed by atoms with Crippen LogP contribution >= 0.6 is 0 Å². The van der Waals surface area contributed by atoms with Gasteiger partial charge in [-0.15, -0.1) is 0 Å². The van der Waals surface area contributed by atoms with E-state index < -0.39 is 17.7 Å². The van der Waals surface area contributed by atoms with E-state index in [1.807, 2.05) is 19.1 Å². The van der Waals surface area contributed by atoms with Crippen molar-refractivity contribution in [1.82, 2.24) is 4.90 Å². The Kier molecular flexibility index (Phi) is 5.47. The molecule has 7 nitrogen and oxygen atoms in total. The Balaban J connectivity index is 1.28. The summed E-state index contributed by atoms with van der Waals surface area (Å²) in [6, 6.07) is 21.2. The van der Waals surface area contributed by atoms with E-state index in [4.69, 9.17) is 4.74 Å². The summed E-state index contributed by atoms with van der Waals surface area (Å²) in [5, 5.41) is 0. The van der Waals surface area contributed by atoms with Crippen molar-refractivity contribution in [1.29, 1.82) is 0 Å². The fraction of sp³-hybridized carbons (Fsp3) is 0.125. The van der Waals surface area contributed by atoms with Crippen LogP contribution in [0.4, 0.5) is 5.69 Å². The fourth-order valence-electron chi connectivity index (χ4n) is 5.26. The van der Waals surface area contributed by atoms with Crippen molar-refractivity contribution in [2.24, 2.45) is 0 Å². The van der Waals surface area contributed by atoms with Crippen LogP contribution < -0.4 is 9.64 Å². The Bertz CT molecular complexity index is 1770. The van der Waals surface area contributed by atoms with Gasteiger partial charge in [0.25, 0.3) is 23.6 Å². The van der Waals surface area contributed by atoms with Gasteiger partial charge in [0.2, 0.25) is 0 Å². The molecule has 0 unspecified atom stereocenters. The number of aryl methyl sites for hydroxylation is 3. The molecule has 0 bridgehead atoms. The van der Waals surface area contributed by atoms with Crippen LogP contribution in [0, 0.1) is 20.8 Å². The van der Waals surface area contributed by atoms with Crippen LogP contribution in [0.2, 0.25) is 0 Å². The molecular weight excluding hydrogens is 492 g/mol. The molecule has 2 heterocycles. The molecule has 0 saturated heterocycles. The van der Waals surface area contributed by atoms with Crippen molar-refractivity contribution in [3.63, 3.8) is 0 Å². The molecule has 0 aromatic heterocycles. The second-order valence-electron chi connectivity index (χ2n) is 9.95. The minimum Gasteiger partial charge on any atom is -0.457 e. The molecule has 0 fully saturated rings. The number of imide groups is 2. The third kappa shape index (κ3) is 3.82. The second kappa shape index (κ2) is 8.77. The van der Waals surface area contributed by atoms with Gasteiger partial charge in [-0.3, -0.25) is 24.1 Å². The van der Waals surface area contributed by atoms with Crippen LogP contribution in [0.15, 0.2) is 72.8 Å². The highest BCUT2D eigenvalue weighted by Crippen LogP contribution is 2.36. The van der Waals surface area contributed by atoms with Crippen molar-refractivity contribution < 1.29 is 23.9 Å². The average Bonchev–Trinajstić information content (AvgIpc) is 3.28. The predicted molar refractivity (Wildman–Crippen MR) is 147 cm³/mol. The van der Waals surface area contributed by atoms with Crippen molar-refractivity contribution in [3.05, 3.63) is 112 Å². The summed E-state index contributed by atoms with van der Waals surface area (Å²) >= 11 is 0. The maximum atomic E-state index is 13.4. The van der Waals surface area contributed by atoms with E-state index in [-0.39, 0.29) is 17.0 Å². The quantitative estimate of drug-likeness (QED) is 0.306. The smallest absolute Gasteiger partial charge is 0.266 e. The monoisotopic (exact) mass is 516 g/mol. The summed E-state index contributed by atoms with van der Waals surface area (Å²) in [6.45, 7) is 6.09. The van der Waals surface area contributed by atoms with E-state index in [2.05, 4.69) is 32.0 Å². The zero-order chi connectivity index (χ0) is 27.6. The van der Waals surface area contributed by atoms with Gasteiger partial charge in [0.15, 0.2) is 0 Å². The first-order valence-corrected chi connectivity index (χ1v) is 12.5. The lowest BCUT2D eigenvalue weighted by Crippen LogP contribution is -2.29. The Morgan fingerprint density at radius 3 is 1.62 bits per heavy atom. The lowest BCUT2D eigenvalue weighted by atomic mass is 9.95. The van der Waals surface area contributed by atoms with E-state index >= 15 is 0 Å². The third-order valence-corrected chi connectivity index (χ3v) is 7.30. The summed E-state index contributed by atoms with van der Waals surface area (Å²) in [4.78, 5) is 53.4. The number of ether oxygens (including phenoxy) is 1. The number of carbonyl (C=O) groups is 4. The molecule has 4 aromatic rings. The third-order valence-electron chi connectivity index (χ3n) is 7.30. The summed E-state index contributed by atoms with van der Waals surface area (Å²) in [6.07, 6.45) is 0. The SMILES string of the molecule is Cc1ccc(-c2ccc(N3C(=O)c4ccc(Oc5ccc6c(c5)C(=O)N(C)C6=O)cc4C3=O)cc2C)c(C)c1. The molecule has 192 valence electrons. The predicted octanol–water partition coefficient (Wildman–Crippen LogP) is 6.10. The largest absolute Gasteiger partial charge is 0.457 e. The number of amides is 4. The summed E-state index contributed by atoms with van der Waals surface area (Å²) in [7, 11) is 1.43. The first-order valence-electron chi connectivity index (χ1n) is 12.5. The number of hydrogen-bond donors (Lipinski definition) is 0. The highest BCUT2D eigenvalue weighted by atomic mass is 16.5.